The monoisotopic (exact) mass is 313 g/mol. The summed E-state index contributed by atoms with van der Waals surface area (Å²) in [7, 11) is 0. The van der Waals surface area contributed by atoms with Gasteiger partial charge in [-0.2, -0.15) is 0 Å². The fourth-order valence-electron chi connectivity index (χ4n) is 3.11. The maximum Gasteiger partial charge on any atom is 0.137 e. The molecule has 3 unspecified atom stereocenters. The molecule has 0 aromatic heterocycles. The van der Waals surface area contributed by atoms with E-state index in [2.05, 4.69) is 22.9 Å². The Bertz CT molecular complexity index is 407. The number of hydrogen-bond donors (Lipinski definition) is 1. The lowest BCUT2D eigenvalue weighted by molar-refractivity contribution is 0.193. The highest BCUT2D eigenvalue weighted by atomic mass is 79.9. The van der Waals surface area contributed by atoms with E-state index in [0.29, 0.717) is 16.3 Å². The molecular weight excluding hydrogens is 293 g/mol. The highest BCUT2D eigenvalue weighted by Crippen LogP contribution is 2.36. The van der Waals surface area contributed by atoms with E-state index >= 15 is 0 Å². The Hall–Kier alpha value is -0.410. The Labute approximate surface area is 117 Å². The van der Waals surface area contributed by atoms with Crippen LogP contribution in [0.25, 0.3) is 0 Å². The average molecular weight is 314 g/mol. The summed E-state index contributed by atoms with van der Waals surface area (Å²) >= 11 is 3.36. The lowest BCUT2D eigenvalue weighted by atomic mass is 9.72. The number of rotatable bonds is 3. The lowest BCUT2D eigenvalue weighted by Gasteiger charge is -2.34. The first-order chi connectivity index (χ1) is 8.61. The molecule has 0 heterocycles. The van der Waals surface area contributed by atoms with Crippen molar-refractivity contribution in [3.05, 3.63) is 34.1 Å². The molecule has 0 amide bonds. The van der Waals surface area contributed by atoms with Crippen LogP contribution in [0.3, 0.4) is 0 Å². The van der Waals surface area contributed by atoms with E-state index in [-0.39, 0.29) is 5.82 Å². The van der Waals surface area contributed by atoms with Gasteiger partial charge < -0.3 is 5.73 Å². The van der Waals surface area contributed by atoms with Crippen LogP contribution in [0.2, 0.25) is 0 Å². The summed E-state index contributed by atoms with van der Waals surface area (Å²) in [6.45, 7) is 3.06. The normalized spacial score (nSPS) is 28.3. The number of nitrogens with two attached hydrogens (primary N) is 1. The van der Waals surface area contributed by atoms with Gasteiger partial charge in [-0.15, -0.1) is 0 Å². The van der Waals surface area contributed by atoms with Gasteiger partial charge in [-0.3, -0.25) is 0 Å². The number of benzene rings is 1. The average Bonchev–Trinajstić information content (AvgIpc) is 2.35. The van der Waals surface area contributed by atoms with E-state index in [4.69, 9.17) is 5.73 Å². The van der Waals surface area contributed by atoms with Crippen LogP contribution in [-0.2, 0) is 6.42 Å². The third-order valence-electron chi connectivity index (χ3n) is 4.22. The van der Waals surface area contributed by atoms with Crippen LogP contribution in [0.5, 0.6) is 0 Å². The molecular formula is C15H21BrFN. The first-order valence-electron chi connectivity index (χ1n) is 6.74. The third-order valence-corrected chi connectivity index (χ3v) is 5.11. The molecule has 0 bridgehead atoms. The first-order valence-corrected chi connectivity index (χ1v) is 7.54. The minimum atomic E-state index is -0.166. The minimum absolute atomic E-state index is 0.166. The molecule has 1 fully saturated rings. The maximum atomic E-state index is 13.5. The highest BCUT2D eigenvalue weighted by Gasteiger charge is 2.28. The molecule has 3 heteroatoms. The topological polar surface area (TPSA) is 26.0 Å². The Balaban J connectivity index is 2.13. The Kier molecular flexibility index (Phi) is 4.79. The predicted octanol–water partition coefficient (Wildman–Crippen LogP) is 4.14. The SMILES string of the molecule is CC1CCC(CN)C(Cc2cccc(F)c2Br)C1. The molecule has 2 rings (SSSR count). The van der Waals surface area contributed by atoms with E-state index in [0.717, 1.165) is 24.4 Å². The van der Waals surface area contributed by atoms with Gasteiger partial charge in [0, 0.05) is 0 Å². The second-order valence-corrected chi connectivity index (χ2v) is 6.38. The predicted molar refractivity (Wildman–Crippen MR) is 76.9 cm³/mol. The summed E-state index contributed by atoms with van der Waals surface area (Å²) in [4.78, 5) is 0. The van der Waals surface area contributed by atoms with E-state index in [1.54, 1.807) is 6.07 Å². The van der Waals surface area contributed by atoms with Crippen molar-refractivity contribution in [3.8, 4) is 0 Å². The van der Waals surface area contributed by atoms with Crippen LogP contribution >= 0.6 is 15.9 Å². The van der Waals surface area contributed by atoms with E-state index < -0.39 is 0 Å². The van der Waals surface area contributed by atoms with Gasteiger partial charge in [0.15, 0.2) is 0 Å². The summed E-state index contributed by atoms with van der Waals surface area (Å²) in [5.41, 5.74) is 6.95. The Morgan fingerprint density at radius 1 is 1.33 bits per heavy atom. The zero-order chi connectivity index (χ0) is 13.1. The summed E-state index contributed by atoms with van der Waals surface area (Å²) in [5, 5.41) is 0. The molecule has 0 saturated heterocycles. The molecule has 100 valence electrons. The third kappa shape index (κ3) is 3.12. The molecule has 1 aliphatic rings. The highest BCUT2D eigenvalue weighted by molar-refractivity contribution is 9.10. The van der Waals surface area contributed by atoms with Gasteiger partial charge >= 0.3 is 0 Å². The molecule has 3 atom stereocenters. The smallest absolute Gasteiger partial charge is 0.137 e. The summed E-state index contributed by atoms with van der Waals surface area (Å²) in [6, 6.07) is 5.30. The summed E-state index contributed by atoms with van der Waals surface area (Å²) in [6.07, 6.45) is 4.65. The Morgan fingerprint density at radius 3 is 2.83 bits per heavy atom. The van der Waals surface area contributed by atoms with Crippen molar-refractivity contribution in [1.82, 2.24) is 0 Å². The van der Waals surface area contributed by atoms with Crippen molar-refractivity contribution in [1.29, 1.82) is 0 Å². The number of hydrogen-bond acceptors (Lipinski definition) is 1. The molecule has 1 aliphatic carbocycles. The van der Waals surface area contributed by atoms with Gasteiger partial charge in [-0.25, -0.2) is 4.39 Å². The first kappa shape index (κ1) is 14.0. The standard InChI is InChI=1S/C15H21BrFN/c1-10-5-6-12(9-18)13(7-10)8-11-3-2-4-14(17)15(11)16/h2-4,10,12-13H,5-9,18H2,1H3. The van der Waals surface area contributed by atoms with Gasteiger partial charge in [0.25, 0.3) is 0 Å². The van der Waals surface area contributed by atoms with Gasteiger partial charge in [0.1, 0.15) is 5.82 Å². The van der Waals surface area contributed by atoms with E-state index in [9.17, 15) is 4.39 Å². The van der Waals surface area contributed by atoms with Crippen molar-refractivity contribution in [2.75, 3.05) is 6.54 Å². The molecule has 1 aromatic carbocycles. The van der Waals surface area contributed by atoms with Crippen molar-refractivity contribution < 1.29 is 4.39 Å². The van der Waals surface area contributed by atoms with E-state index in [1.807, 2.05) is 6.07 Å². The molecule has 0 aliphatic heterocycles. The number of halogens is 2. The quantitative estimate of drug-likeness (QED) is 0.891. The van der Waals surface area contributed by atoms with Crippen molar-refractivity contribution in [2.24, 2.45) is 23.5 Å². The van der Waals surface area contributed by atoms with Crippen LogP contribution in [0, 0.1) is 23.6 Å². The second kappa shape index (κ2) is 6.16. The van der Waals surface area contributed by atoms with Crippen molar-refractivity contribution in [2.45, 2.75) is 32.6 Å². The van der Waals surface area contributed by atoms with Gasteiger partial charge in [0.05, 0.1) is 4.47 Å². The molecule has 2 N–H and O–H groups in total. The molecule has 1 aromatic rings. The molecule has 0 radical (unpaired) electrons. The molecule has 18 heavy (non-hydrogen) atoms. The molecule has 0 spiro atoms. The van der Waals surface area contributed by atoms with Crippen LogP contribution in [-0.4, -0.2) is 6.54 Å². The van der Waals surface area contributed by atoms with Crippen LogP contribution in [0.4, 0.5) is 4.39 Å². The van der Waals surface area contributed by atoms with Crippen molar-refractivity contribution in [3.63, 3.8) is 0 Å². The van der Waals surface area contributed by atoms with Crippen LogP contribution in [0.15, 0.2) is 22.7 Å². The van der Waals surface area contributed by atoms with Gasteiger partial charge in [-0.05, 0) is 71.1 Å². The zero-order valence-corrected chi connectivity index (χ0v) is 12.4. The Morgan fingerprint density at radius 2 is 2.11 bits per heavy atom. The van der Waals surface area contributed by atoms with E-state index in [1.165, 1.54) is 25.3 Å². The molecule has 1 saturated carbocycles. The van der Waals surface area contributed by atoms with Crippen molar-refractivity contribution >= 4 is 15.9 Å². The summed E-state index contributed by atoms with van der Waals surface area (Å²) < 4.78 is 14.1. The lowest BCUT2D eigenvalue weighted by Crippen LogP contribution is -2.31. The maximum absolute atomic E-state index is 13.5. The van der Waals surface area contributed by atoms with Crippen LogP contribution < -0.4 is 5.73 Å². The van der Waals surface area contributed by atoms with Crippen LogP contribution in [0.1, 0.15) is 31.7 Å². The summed E-state index contributed by atoms with van der Waals surface area (Å²) in [5.74, 6) is 1.79. The van der Waals surface area contributed by atoms with Gasteiger partial charge in [-0.1, -0.05) is 25.5 Å². The zero-order valence-electron chi connectivity index (χ0n) is 10.8. The fraction of sp³-hybridized carbons (Fsp3) is 0.600. The minimum Gasteiger partial charge on any atom is -0.330 e. The second-order valence-electron chi connectivity index (χ2n) is 5.59. The largest absolute Gasteiger partial charge is 0.330 e. The fourth-order valence-corrected chi connectivity index (χ4v) is 3.54. The van der Waals surface area contributed by atoms with Gasteiger partial charge in [0.2, 0.25) is 0 Å². The molecule has 1 nitrogen and oxygen atoms in total.